The van der Waals surface area contributed by atoms with Crippen LogP contribution in [0.1, 0.15) is 43.0 Å². The Morgan fingerprint density at radius 2 is 2.07 bits per heavy atom. The maximum atomic E-state index is 12.7. The maximum absolute atomic E-state index is 12.7. The highest BCUT2D eigenvalue weighted by atomic mass is 16.5. The van der Waals surface area contributed by atoms with Gasteiger partial charge in [-0.05, 0) is 43.7 Å². The number of aromatic nitrogens is 2. The first-order valence-corrected chi connectivity index (χ1v) is 9.44. The maximum Gasteiger partial charge on any atom is 0.344 e. The summed E-state index contributed by atoms with van der Waals surface area (Å²) >= 11 is 0. The lowest BCUT2D eigenvalue weighted by Crippen LogP contribution is -2.52. The summed E-state index contributed by atoms with van der Waals surface area (Å²) < 4.78 is 6.71. The third-order valence-electron chi connectivity index (χ3n) is 5.49. The predicted octanol–water partition coefficient (Wildman–Crippen LogP) is 1.02. The van der Waals surface area contributed by atoms with Crippen LogP contribution >= 0.6 is 0 Å². The van der Waals surface area contributed by atoms with Crippen molar-refractivity contribution in [3.63, 3.8) is 0 Å². The van der Waals surface area contributed by atoms with Crippen LogP contribution in [-0.2, 0) is 14.3 Å². The van der Waals surface area contributed by atoms with Crippen molar-refractivity contribution >= 4 is 29.5 Å². The van der Waals surface area contributed by atoms with E-state index in [0.29, 0.717) is 29.4 Å². The number of urea groups is 1. The predicted molar refractivity (Wildman–Crippen MR) is 99.4 cm³/mol. The van der Waals surface area contributed by atoms with Crippen molar-refractivity contribution < 1.29 is 23.9 Å². The number of imide groups is 1. The first-order valence-electron chi connectivity index (χ1n) is 9.44. The van der Waals surface area contributed by atoms with Gasteiger partial charge in [-0.1, -0.05) is 6.92 Å². The molecular weight excluding hydrogens is 378 g/mol. The van der Waals surface area contributed by atoms with Gasteiger partial charge in [0.1, 0.15) is 11.2 Å². The molecule has 0 bridgehead atoms. The van der Waals surface area contributed by atoms with Crippen LogP contribution in [0.2, 0.25) is 0 Å². The summed E-state index contributed by atoms with van der Waals surface area (Å²) in [5.74, 6) is -1.46. The molecule has 1 aliphatic carbocycles. The van der Waals surface area contributed by atoms with E-state index < -0.39 is 36.0 Å². The van der Waals surface area contributed by atoms with Gasteiger partial charge in [0.15, 0.2) is 6.61 Å². The molecule has 2 aliphatic rings. The van der Waals surface area contributed by atoms with Gasteiger partial charge in [-0.3, -0.25) is 15.0 Å². The number of fused-ring (bicyclic) bond motifs is 1. The molecule has 29 heavy (non-hydrogen) atoms. The molecule has 10 nitrogen and oxygen atoms in total. The summed E-state index contributed by atoms with van der Waals surface area (Å²) in [4.78, 5) is 53.3. The molecule has 2 N–H and O–H groups in total. The van der Waals surface area contributed by atoms with E-state index in [1.165, 1.54) is 6.07 Å². The molecule has 1 spiro atoms. The number of esters is 1. The summed E-state index contributed by atoms with van der Waals surface area (Å²) in [5.41, 5.74) is 2.08. The van der Waals surface area contributed by atoms with Crippen molar-refractivity contribution in [2.75, 3.05) is 6.61 Å². The molecule has 4 rings (SSSR count). The van der Waals surface area contributed by atoms with Crippen LogP contribution < -0.4 is 10.7 Å². The first kappa shape index (κ1) is 18.9. The van der Waals surface area contributed by atoms with E-state index in [2.05, 4.69) is 22.7 Å². The molecule has 4 amide bonds. The topological polar surface area (TPSA) is 122 Å². The van der Waals surface area contributed by atoms with Crippen molar-refractivity contribution in [2.24, 2.45) is 5.92 Å². The average molecular weight is 399 g/mol. The average Bonchev–Trinajstić information content (AvgIpc) is 3.26. The highest BCUT2D eigenvalue weighted by molar-refractivity contribution is 6.08. The number of hydrogen-bond acceptors (Lipinski definition) is 6. The standard InChI is InChI=1S/C19H21N5O5/c1-12-2-5-19(6-3-12)17(27)24(18(28)21-19)22-15(25)11-29-16(26)13-4-8-23-9-7-20-14(23)10-13/h4,7-10,12H,2-3,5-6,11H2,1H3,(H,21,28)(H,22,25). The van der Waals surface area contributed by atoms with Gasteiger partial charge < -0.3 is 14.5 Å². The highest BCUT2D eigenvalue weighted by Gasteiger charge is 2.52. The smallest absolute Gasteiger partial charge is 0.344 e. The molecule has 1 saturated heterocycles. The van der Waals surface area contributed by atoms with Crippen LogP contribution in [0.4, 0.5) is 4.79 Å². The van der Waals surface area contributed by atoms with Crippen molar-refractivity contribution in [1.29, 1.82) is 0 Å². The second kappa shape index (κ2) is 7.19. The molecule has 0 aromatic carbocycles. The van der Waals surface area contributed by atoms with E-state index in [9.17, 15) is 19.2 Å². The second-order valence-corrected chi connectivity index (χ2v) is 7.55. The largest absolute Gasteiger partial charge is 0.452 e. The minimum atomic E-state index is -0.951. The van der Waals surface area contributed by atoms with Gasteiger partial charge in [0.05, 0.1) is 5.56 Å². The van der Waals surface area contributed by atoms with Crippen LogP contribution in [-0.4, -0.2) is 50.4 Å². The second-order valence-electron chi connectivity index (χ2n) is 7.55. The van der Waals surface area contributed by atoms with E-state index >= 15 is 0 Å². The van der Waals surface area contributed by atoms with Crippen LogP contribution in [0.5, 0.6) is 0 Å². The van der Waals surface area contributed by atoms with Crippen molar-refractivity contribution in [2.45, 2.75) is 38.1 Å². The minimum absolute atomic E-state index is 0.238. The number of pyridine rings is 1. The van der Waals surface area contributed by atoms with E-state index in [0.717, 1.165) is 12.8 Å². The third-order valence-corrected chi connectivity index (χ3v) is 5.49. The molecule has 1 saturated carbocycles. The van der Waals surface area contributed by atoms with E-state index in [1.807, 2.05) is 0 Å². The zero-order valence-corrected chi connectivity index (χ0v) is 15.9. The molecule has 0 radical (unpaired) electrons. The Morgan fingerprint density at radius 1 is 1.31 bits per heavy atom. The molecular formula is C19H21N5O5. The summed E-state index contributed by atoms with van der Waals surface area (Å²) in [6.07, 6.45) is 7.70. The summed E-state index contributed by atoms with van der Waals surface area (Å²) in [5, 5.41) is 3.39. The Kier molecular flexibility index (Phi) is 4.69. The number of carbonyl (C=O) groups excluding carboxylic acids is 4. The van der Waals surface area contributed by atoms with E-state index in [4.69, 9.17) is 4.74 Å². The normalized spacial score (nSPS) is 24.0. The quantitative estimate of drug-likeness (QED) is 0.585. The van der Waals surface area contributed by atoms with Gasteiger partial charge in [0, 0.05) is 18.6 Å². The number of amides is 4. The summed E-state index contributed by atoms with van der Waals surface area (Å²) in [7, 11) is 0. The van der Waals surface area contributed by atoms with Crippen LogP contribution in [0, 0.1) is 5.92 Å². The van der Waals surface area contributed by atoms with Gasteiger partial charge in [0.2, 0.25) is 0 Å². The first-order chi connectivity index (χ1) is 13.9. The Balaban J connectivity index is 1.34. The molecule has 2 aromatic rings. The highest BCUT2D eigenvalue weighted by Crippen LogP contribution is 2.35. The number of hydrazine groups is 1. The SMILES string of the molecule is CC1CCC2(CC1)NC(=O)N(NC(=O)COC(=O)c1ccn3ccnc3c1)C2=O. The number of rotatable bonds is 4. The molecule has 152 valence electrons. The molecule has 10 heteroatoms. The third kappa shape index (κ3) is 3.53. The Morgan fingerprint density at radius 3 is 2.83 bits per heavy atom. The fourth-order valence-electron chi connectivity index (χ4n) is 3.72. The van der Waals surface area contributed by atoms with Crippen molar-refractivity contribution in [3.05, 3.63) is 36.3 Å². The molecule has 2 aromatic heterocycles. The molecule has 0 atom stereocenters. The van der Waals surface area contributed by atoms with Gasteiger partial charge in [-0.15, -0.1) is 0 Å². The lowest BCUT2D eigenvalue weighted by Gasteiger charge is -2.33. The number of nitrogens with zero attached hydrogens (tertiary/aromatic N) is 3. The van der Waals surface area contributed by atoms with Gasteiger partial charge in [-0.25, -0.2) is 14.6 Å². The van der Waals surface area contributed by atoms with Gasteiger partial charge in [0.25, 0.3) is 11.8 Å². The van der Waals surface area contributed by atoms with Crippen LogP contribution in [0.3, 0.4) is 0 Å². The van der Waals surface area contributed by atoms with Gasteiger partial charge >= 0.3 is 12.0 Å². The zero-order valence-electron chi connectivity index (χ0n) is 15.9. The number of carbonyl (C=O) groups is 4. The number of imidazole rings is 1. The summed E-state index contributed by atoms with van der Waals surface area (Å²) in [6, 6.07) is 2.40. The molecule has 3 heterocycles. The minimum Gasteiger partial charge on any atom is -0.452 e. The van der Waals surface area contributed by atoms with Crippen LogP contribution in [0.25, 0.3) is 5.65 Å². The van der Waals surface area contributed by atoms with E-state index in [-0.39, 0.29) is 5.56 Å². The molecule has 1 aliphatic heterocycles. The zero-order chi connectivity index (χ0) is 20.6. The van der Waals surface area contributed by atoms with Gasteiger partial charge in [-0.2, -0.15) is 5.01 Å². The lowest BCUT2D eigenvalue weighted by molar-refractivity contribution is -0.141. The molecule has 2 fully saturated rings. The van der Waals surface area contributed by atoms with Crippen molar-refractivity contribution in [1.82, 2.24) is 25.1 Å². The number of nitrogens with one attached hydrogen (secondary N) is 2. The fourth-order valence-corrected chi connectivity index (χ4v) is 3.72. The number of ether oxygens (including phenoxy) is 1. The van der Waals surface area contributed by atoms with E-state index in [1.54, 1.807) is 29.1 Å². The Labute approximate surface area is 166 Å². The van der Waals surface area contributed by atoms with Crippen molar-refractivity contribution in [3.8, 4) is 0 Å². The summed E-state index contributed by atoms with van der Waals surface area (Å²) in [6.45, 7) is 1.48. The lowest BCUT2D eigenvalue weighted by atomic mass is 9.77. The monoisotopic (exact) mass is 399 g/mol. The Bertz CT molecular complexity index is 992. The molecule has 0 unspecified atom stereocenters. The van der Waals surface area contributed by atoms with Crippen LogP contribution in [0.15, 0.2) is 30.7 Å². The number of hydrogen-bond donors (Lipinski definition) is 2. The Hall–Kier alpha value is -3.43. The fraction of sp³-hybridized carbons (Fsp3) is 0.421.